The van der Waals surface area contributed by atoms with Crippen LogP contribution in [0.4, 0.5) is 0 Å². The summed E-state index contributed by atoms with van der Waals surface area (Å²) >= 11 is 0. The maximum Gasteiger partial charge on any atom is 0.290 e. The number of rotatable bonds is 5. The van der Waals surface area contributed by atoms with Crippen molar-refractivity contribution in [3.63, 3.8) is 0 Å². The van der Waals surface area contributed by atoms with Crippen molar-refractivity contribution in [2.75, 3.05) is 40.0 Å². The van der Waals surface area contributed by atoms with Crippen molar-refractivity contribution in [3.8, 4) is 5.75 Å². The molecule has 0 unspecified atom stereocenters. The van der Waals surface area contributed by atoms with Crippen LogP contribution < -0.4 is 4.74 Å². The fourth-order valence-electron chi connectivity index (χ4n) is 3.93. The number of likely N-dealkylation sites (N-methyl/N-ethyl adjacent to an activating group) is 1. The van der Waals surface area contributed by atoms with Crippen LogP contribution in [-0.2, 0) is 20.7 Å². The standard InChI is InChI=1S/C23H26N2O4.CH2O2/c1-24-19-14-25(13-18(22(24)26)15-28-16-19)23(27)20-9-5-6-10-21(20)29-12-11-17-7-3-2-4-8-17;2-1-3/h2-10,18-19H,11-16H2,1H3;1H,(H,2,3)/t18-,19+;/m1./s1. The number of hydrogen-bond acceptors (Lipinski definition) is 5. The molecule has 1 N–H and O–H groups in total. The highest BCUT2D eigenvalue weighted by atomic mass is 16.5. The Balaban J connectivity index is 0.000000913. The first-order valence-electron chi connectivity index (χ1n) is 10.5. The number of para-hydroxylation sites is 1. The van der Waals surface area contributed by atoms with Gasteiger partial charge in [-0.15, -0.1) is 0 Å². The van der Waals surface area contributed by atoms with E-state index in [0.29, 0.717) is 44.2 Å². The molecule has 0 aliphatic carbocycles. The summed E-state index contributed by atoms with van der Waals surface area (Å²) < 4.78 is 11.6. The van der Waals surface area contributed by atoms with E-state index in [1.165, 1.54) is 5.56 Å². The molecule has 4 rings (SSSR count). The number of carbonyl (C=O) groups excluding carboxylic acids is 2. The van der Waals surface area contributed by atoms with Crippen molar-refractivity contribution in [2.24, 2.45) is 5.92 Å². The van der Waals surface area contributed by atoms with Crippen LogP contribution in [0.25, 0.3) is 0 Å². The van der Waals surface area contributed by atoms with Gasteiger partial charge in [-0.3, -0.25) is 14.4 Å². The Bertz CT molecular complexity index is 920. The lowest BCUT2D eigenvalue weighted by Crippen LogP contribution is -2.45. The van der Waals surface area contributed by atoms with Crippen molar-refractivity contribution < 1.29 is 29.0 Å². The van der Waals surface area contributed by atoms with Gasteiger partial charge in [0.1, 0.15) is 5.75 Å². The van der Waals surface area contributed by atoms with Gasteiger partial charge in [-0.2, -0.15) is 0 Å². The molecule has 2 aromatic rings. The molecule has 2 aliphatic heterocycles. The lowest BCUT2D eigenvalue weighted by Gasteiger charge is -2.29. The van der Waals surface area contributed by atoms with Gasteiger partial charge in [0.2, 0.25) is 5.91 Å². The van der Waals surface area contributed by atoms with Gasteiger partial charge in [0.25, 0.3) is 12.4 Å². The van der Waals surface area contributed by atoms with E-state index in [1.807, 2.05) is 36.4 Å². The van der Waals surface area contributed by atoms with Crippen LogP contribution in [0.2, 0.25) is 0 Å². The lowest BCUT2D eigenvalue weighted by atomic mass is 10.1. The predicted molar refractivity (Wildman–Crippen MR) is 118 cm³/mol. The molecule has 0 saturated carbocycles. The Morgan fingerprint density at radius 1 is 1.12 bits per heavy atom. The number of hydrogen-bond donors (Lipinski definition) is 1. The van der Waals surface area contributed by atoms with E-state index < -0.39 is 0 Å². The van der Waals surface area contributed by atoms with E-state index in [-0.39, 0.29) is 30.2 Å². The molecular formula is C24H28N2O6. The third-order valence-corrected chi connectivity index (χ3v) is 5.64. The molecule has 2 aromatic carbocycles. The SMILES string of the molecule is CN1C(=O)[C@H]2COC[C@@H]1CN(C(=O)c1ccccc1OCCc1ccccc1)C2.O=CO. The molecule has 8 nitrogen and oxygen atoms in total. The molecule has 2 bridgehead atoms. The predicted octanol–water partition coefficient (Wildman–Crippen LogP) is 1.94. The minimum absolute atomic E-state index is 0.0511. The highest BCUT2D eigenvalue weighted by Gasteiger charge is 2.39. The normalized spacial score (nSPS) is 20.0. The molecule has 170 valence electrons. The summed E-state index contributed by atoms with van der Waals surface area (Å²) in [6.45, 7) is 1.90. The molecule has 2 amide bonds. The molecule has 2 fully saturated rings. The minimum atomic E-state index is -0.317. The Kier molecular flexibility index (Phi) is 8.21. The smallest absolute Gasteiger partial charge is 0.290 e. The Morgan fingerprint density at radius 3 is 2.56 bits per heavy atom. The molecule has 2 heterocycles. The summed E-state index contributed by atoms with van der Waals surface area (Å²) in [6.07, 6.45) is 0.772. The second-order valence-electron chi connectivity index (χ2n) is 7.73. The van der Waals surface area contributed by atoms with Crippen molar-refractivity contribution in [1.29, 1.82) is 0 Å². The lowest BCUT2D eigenvalue weighted by molar-refractivity contribution is -0.134. The number of nitrogens with zero attached hydrogens (tertiary/aromatic N) is 2. The highest BCUT2D eigenvalue weighted by Crippen LogP contribution is 2.25. The van der Waals surface area contributed by atoms with Crippen LogP contribution in [0.1, 0.15) is 15.9 Å². The molecule has 8 heteroatoms. The van der Waals surface area contributed by atoms with Gasteiger partial charge < -0.3 is 24.4 Å². The van der Waals surface area contributed by atoms with Crippen LogP contribution in [-0.4, -0.2) is 79.2 Å². The molecule has 0 aromatic heterocycles. The molecular weight excluding hydrogens is 412 g/mol. The van der Waals surface area contributed by atoms with Crippen LogP contribution >= 0.6 is 0 Å². The molecule has 2 saturated heterocycles. The maximum atomic E-state index is 13.3. The number of carboxylic acid groups (broad SMARTS) is 1. The largest absolute Gasteiger partial charge is 0.492 e. The number of carbonyl (C=O) groups is 3. The number of benzene rings is 2. The van der Waals surface area contributed by atoms with Crippen LogP contribution in [0.15, 0.2) is 54.6 Å². The average Bonchev–Trinajstić information content (AvgIpc) is 2.99. The van der Waals surface area contributed by atoms with E-state index in [4.69, 9.17) is 19.4 Å². The first kappa shape index (κ1) is 23.3. The number of ether oxygens (including phenoxy) is 2. The maximum absolute atomic E-state index is 13.3. The average molecular weight is 440 g/mol. The third-order valence-electron chi connectivity index (χ3n) is 5.64. The summed E-state index contributed by atoms with van der Waals surface area (Å²) in [5.74, 6) is 0.219. The zero-order chi connectivity index (χ0) is 22.9. The Labute approximate surface area is 187 Å². The second-order valence-corrected chi connectivity index (χ2v) is 7.73. The van der Waals surface area contributed by atoms with Gasteiger partial charge in [0, 0.05) is 26.6 Å². The van der Waals surface area contributed by atoms with E-state index in [0.717, 1.165) is 6.42 Å². The zero-order valence-electron chi connectivity index (χ0n) is 18.1. The van der Waals surface area contributed by atoms with Crippen LogP contribution in [0.5, 0.6) is 5.75 Å². The monoisotopic (exact) mass is 440 g/mol. The van der Waals surface area contributed by atoms with E-state index in [1.54, 1.807) is 22.9 Å². The molecule has 32 heavy (non-hydrogen) atoms. The summed E-state index contributed by atoms with van der Waals surface area (Å²) in [5.41, 5.74) is 1.73. The summed E-state index contributed by atoms with van der Waals surface area (Å²) in [7, 11) is 1.79. The minimum Gasteiger partial charge on any atom is -0.492 e. The van der Waals surface area contributed by atoms with Gasteiger partial charge in [0.15, 0.2) is 0 Å². The first-order valence-corrected chi connectivity index (χ1v) is 10.5. The van der Waals surface area contributed by atoms with E-state index in [2.05, 4.69) is 12.1 Å². The van der Waals surface area contributed by atoms with Crippen molar-refractivity contribution >= 4 is 18.3 Å². The molecule has 2 aliphatic rings. The van der Waals surface area contributed by atoms with Gasteiger partial charge in [0.05, 0.1) is 37.3 Å². The second kappa shape index (κ2) is 11.3. The van der Waals surface area contributed by atoms with E-state index >= 15 is 0 Å². The van der Waals surface area contributed by atoms with Gasteiger partial charge in [-0.05, 0) is 17.7 Å². The fourth-order valence-corrected chi connectivity index (χ4v) is 3.93. The first-order chi connectivity index (χ1) is 15.5. The van der Waals surface area contributed by atoms with Crippen LogP contribution in [0, 0.1) is 5.92 Å². The molecule has 2 atom stereocenters. The summed E-state index contributed by atoms with van der Waals surface area (Å²) in [5, 5.41) is 6.89. The van der Waals surface area contributed by atoms with Gasteiger partial charge in [-0.25, -0.2) is 0 Å². The molecule has 0 spiro atoms. The summed E-state index contributed by atoms with van der Waals surface area (Å²) in [4.78, 5) is 37.8. The topological polar surface area (TPSA) is 96.4 Å². The van der Waals surface area contributed by atoms with Gasteiger partial charge in [-0.1, -0.05) is 42.5 Å². The van der Waals surface area contributed by atoms with Crippen LogP contribution in [0.3, 0.4) is 0 Å². The van der Waals surface area contributed by atoms with E-state index in [9.17, 15) is 9.59 Å². The highest BCUT2D eigenvalue weighted by molar-refractivity contribution is 5.97. The van der Waals surface area contributed by atoms with Crippen molar-refractivity contribution in [3.05, 3.63) is 65.7 Å². The quantitative estimate of drug-likeness (QED) is 0.714. The summed E-state index contributed by atoms with van der Waals surface area (Å²) in [6, 6.07) is 17.3. The van der Waals surface area contributed by atoms with Gasteiger partial charge >= 0.3 is 0 Å². The number of fused-ring (bicyclic) bond motifs is 3. The fraction of sp³-hybridized carbons (Fsp3) is 0.375. The van der Waals surface area contributed by atoms with Crippen molar-refractivity contribution in [1.82, 2.24) is 9.80 Å². The Morgan fingerprint density at radius 2 is 1.81 bits per heavy atom. The molecule has 0 radical (unpaired) electrons. The third kappa shape index (κ3) is 5.64. The number of amides is 2. The zero-order valence-corrected chi connectivity index (χ0v) is 18.1. The van der Waals surface area contributed by atoms with Crippen molar-refractivity contribution in [2.45, 2.75) is 12.5 Å². The Hall–Kier alpha value is -3.39.